The van der Waals surface area contributed by atoms with Crippen molar-refractivity contribution in [2.45, 2.75) is 45.3 Å². The van der Waals surface area contributed by atoms with E-state index in [1.165, 1.54) is 25.7 Å². The van der Waals surface area contributed by atoms with Crippen LogP contribution >= 0.6 is 11.3 Å². The number of nitrogens with zero attached hydrogens (tertiary/aromatic N) is 2. The van der Waals surface area contributed by atoms with Crippen molar-refractivity contribution < 1.29 is 13.2 Å². The summed E-state index contributed by atoms with van der Waals surface area (Å²) in [6, 6.07) is 0. The third-order valence-corrected chi connectivity index (χ3v) is 4.92. The van der Waals surface area contributed by atoms with Gasteiger partial charge in [-0.25, -0.2) is 4.98 Å². The van der Waals surface area contributed by atoms with Gasteiger partial charge in [-0.2, -0.15) is 13.2 Å². The Bertz CT molecular complexity index is 527. The largest absolute Gasteiger partial charge is 0.434 e. The minimum absolute atomic E-state index is 0.238. The van der Waals surface area contributed by atoms with Crippen molar-refractivity contribution in [2.24, 2.45) is 16.8 Å². The summed E-state index contributed by atoms with van der Waals surface area (Å²) in [7, 11) is 1.65. The second-order valence-electron chi connectivity index (χ2n) is 6.07. The van der Waals surface area contributed by atoms with Gasteiger partial charge < -0.3 is 10.6 Å². The summed E-state index contributed by atoms with van der Waals surface area (Å²) in [6.07, 6.45) is 0.613. The zero-order chi connectivity index (χ0) is 16.9. The summed E-state index contributed by atoms with van der Waals surface area (Å²) in [5, 5.41) is 7.71. The summed E-state index contributed by atoms with van der Waals surface area (Å²) in [5.74, 6) is 2.00. The van der Waals surface area contributed by atoms with Crippen LogP contribution in [0.2, 0.25) is 0 Å². The van der Waals surface area contributed by atoms with Gasteiger partial charge in [0.15, 0.2) is 11.7 Å². The number of rotatable bonds is 4. The first-order valence-corrected chi connectivity index (χ1v) is 8.72. The Hall–Kier alpha value is -1.31. The van der Waals surface area contributed by atoms with E-state index < -0.39 is 11.9 Å². The molecule has 2 unspecified atom stereocenters. The van der Waals surface area contributed by atoms with Crippen LogP contribution in [0.4, 0.5) is 13.2 Å². The molecular formula is C15H23F3N4S. The fraction of sp³-hybridized carbons (Fsp3) is 0.733. The van der Waals surface area contributed by atoms with Gasteiger partial charge in [-0.05, 0) is 24.7 Å². The number of nitrogens with one attached hydrogen (secondary N) is 2. The summed E-state index contributed by atoms with van der Waals surface area (Å²) in [4.78, 5) is 7.71. The summed E-state index contributed by atoms with van der Waals surface area (Å²) < 4.78 is 37.5. The zero-order valence-electron chi connectivity index (χ0n) is 13.4. The van der Waals surface area contributed by atoms with Gasteiger partial charge in [-0.3, -0.25) is 4.99 Å². The zero-order valence-corrected chi connectivity index (χ0v) is 14.2. The van der Waals surface area contributed by atoms with E-state index in [0.717, 1.165) is 29.2 Å². The van der Waals surface area contributed by atoms with Crippen molar-refractivity contribution in [3.8, 4) is 0 Å². The van der Waals surface area contributed by atoms with Gasteiger partial charge in [-0.15, -0.1) is 11.3 Å². The molecule has 8 heteroatoms. The highest BCUT2D eigenvalue weighted by Crippen LogP contribution is 2.30. The minimum atomic E-state index is -4.38. The van der Waals surface area contributed by atoms with E-state index in [-0.39, 0.29) is 6.54 Å². The molecule has 1 heterocycles. The summed E-state index contributed by atoms with van der Waals surface area (Å²) in [6.45, 7) is 3.36. The Morgan fingerprint density at radius 2 is 2.17 bits per heavy atom. The molecule has 2 rings (SSSR count). The molecule has 0 aromatic carbocycles. The number of hydrogen-bond acceptors (Lipinski definition) is 3. The third kappa shape index (κ3) is 5.67. The number of aromatic nitrogens is 1. The predicted octanol–water partition coefficient (Wildman–Crippen LogP) is 3.65. The van der Waals surface area contributed by atoms with Crippen molar-refractivity contribution in [3.63, 3.8) is 0 Å². The molecule has 1 aliphatic carbocycles. The second-order valence-corrected chi connectivity index (χ2v) is 7.01. The monoisotopic (exact) mass is 348 g/mol. The van der Waals surface area contributed by atoms with Gasteiger partial charge in [0.05, 0.1) is 6.54 Å². The van der Waals surface area contributed by atoms with Gasteiger partial charge in [0.25, 0.3) is 0 Å². The lowest BCUT2D eigenvalue weighted by Gasteiger charge is -2.27. The SMILES string of the molecule is CN=C(NCc1nc(C(F)(F)F)cs1)NCC1CCCC(C)C1. The molecule has 1 saturated carbocycles. The van der Waals surface area contributed by atoms with Crippen molar-refractivity contribution in [3.05, 3.63) is 16.1 Å². The van der Waals surface area contributed by atoms with Crippen molar-refractivity contribution >= 4 is 17.3 Å². The van der Waals surface area contributed by atoms with Crippen LogP contribution in [-0.4, -0.2) is 24.5 Å². The van der Waals surface area contributed by atoms with Crippen LogP contribution in [0, 0.1) is 11.8 Å². The molecule has 1 aromatic rings. The molecule has 4 nitrogen and oxygen atoms in total. The lowest BCUT2D eigenvalue weighted by molar-refractivity contribution is -0.140. The van der Waals surface area contributed by atoms with Crippen molar-refractivity contribution in [1.82, 2.24) is 15.6 Å². The highest BCUT2D eigenvalue weighted by Gasteiger charge is 2.33. The molecule has 130 valence electrons. The van der Waals surface area contributed by atoms with Gasteiger partial charge in [0.1, 0.15) is 5.01 Å². The van der Waals surface area contributed by atoms with Crippen LogP contribution in [-0.2, 0) is 12.7 Å². The Kier molecular flexibility index (Phi) is 6.26. The molecular weight excluding hydrogens is 325 g/mol. The van der Waals surface area contributed by atoms with Crippen LogP contribution in [0.15, 0.2) is 10.4 Å². The number of hydrogen-bond donors (Lipinski definition) is 2. The third-order valence-electron chi connectivity index (χ3n) is 4.08. The maximum Gasteiger partial charge on any atom is 0.434 e. The standard InChI is InChI=1S/C15H23F3N4S/c1-10-4-3-5-11(6-10)7-20-14(19-2)21-8-13-22-12(9-23-13)15(16,17)18/h9-11H,3-8H2,1-2H3,(H2,19,20,21). The average molecular weight is 348 g/mol. The molecule has 1 fully saturated rings. The summed E-state index contributed by atoms with van der Waals surface area (Å²) >= 11 is 0.999. The van der Waals surface area contributed by atoms with Gasteiger partial charge in [0.2, 0.25) is 0 Å². The second kappa shape index (κ2) is 7.99. The molecule has 0 bridgehead atoms. The van der Waals surface area contributed by atoms with E-state index in [2.05, 4.69) is 27.5 Å². The Balaban J connectivity index is 1.78. The maximum absolute atomic E-state index is 12.5. The normalized spacial score (nSPS) is 22.9. The maximum atomic E-state index is 12.5. The van der Waals surface area contributed by atoms with Crippen LogP contribution in [0.1, 0.15) is 43.3 Å². The molecule has 23 heavy (non-hydrogen) atoms. The van der Waals surface area contributed by atoms with Gasteiger partial charge >= 0.3 is 6.18 Å². The number of aliphatic imine (C=N–C) groups is 1. The van der Waals surface area contributed by atoms with Crippen LogP contribution < -0.4 is 10.6 Å². The van der Waals surface area contributed by atoms with E-state index >= 15 is 0 Å². The van der Waals surface area contributed by atoms with Crippen LogP contribution in [0.25, 0.3) is 0 Å². The smallest absolute Gasteiger partial charge is 0.356 e. The Morgan fingerprint density at radius 1 is 1.39 bits per heavy atom. The molecule has 0 radical (unpaired) electrons. The van der Waals surface area contributed by atoms with Crippen LogP contribution in [0.5, 0.6) is 0 Å². The number of halogens is 3. The van der Waals surface area contributed by atoms with Crippen LogP contribution in [0.3, 0.4) is 0 Å². The lowest BCUT2D eigenvalue weighted by Crippen LogP contribution is -2.40. The Labute approximate surface area is 138 Å². The lowest BCUT2D eigenvalue weighted by atomic mass is 9.82. The molecule has 1 aromatic heterocycles. The topological polar surface area (TPSA) is 49.3 Å². The Morgan fingerprint density at radius 3 is 2.78 bits per heavy atom. The van der Waals surface area contributed by atoms with E-state index in [4.69, 9.17) is 0 Å². The number of alkyl halides is 3. The predicted molar refractivity (Wildman–Crippen MR) is 86.4 cm³/mol. The number of thiazole rings is 1. The van der Waals surface area contributed by atoms with Gasteiger partial charge in [0, 0.05) is 19.0 Å². The highest BCUT2D eigenvalue weighted by atomic mass is 32.1. The highest BCUT2D eigenvalue weighted by molar-refractivity contribution is 7.09. The average Bonchev–Trinajstić information content (AvgIpc) is 2.96. The van der Waals surface area contributed by atoms with E-state index in [1.54, 1.807) is 7.05 Å². The van der Waals surface area contributed by atoms with E-state index in [9.17, 15) is 13.2 Å². The van der Waals surface area contributed by atoms with Crippen molar-refractivity contribution in [1.29, 1.82) is 0 Å². The minimum Gasteiger partial charge on any atom is -0.356 e. The number of guanidine groups is 1. The molecule has 0 saturated heterocycles. The quantitative estimate of drug-likeness (QED) is 0.645. The molecule has 2 atom stereocenters. The molecule has 1 aliphatic rings. The molecule has 2 N–H and O–H groups in total. The van der Waals surface area contributed by atoms with Gasteiger partial charge in [-0.1, -0.05) is 19.8 Å². The fourth-order valence-electron chi connectivity index (χ4n) is 2.89. The first-order valence-electron chi connectivity index (χ1n) is 7.84. The molecule has 0 amide bonds. The molecule has 0 aliphatic heterocycles. The molecule has 0 spiro atoms. The first-order chi connectivity index (χ1) is 10.9. The fourth-order valence-corrected chi connectivity index (χ4v) is 3.63. The van der Waals surface area contributed by atoms with E-state index in [0.29, 0.717) is 16.9 Å². The first kappa shape index (κ1) is 18.0. The summed E-state index contributed by atoms with van der Waals surface area (Å²) in [5.41, 5.74) is -0.835. The van der Waals surface area contributed by atoms with Crippen molar-refractivity contribution in [2.75, 3.05) is 13.6 Å². The van der Waals surface area contributed by atoms with E-state index in [1.807, 2.05) is 0 Å².